The zero-order chi connectivity index (χ0) is 18.1. The number of para-hydroxylation sites is 1. The van der Waals surface area contributed by atoms with Gasteiger partial charge < -0.3 is 10.0 Å². The summed E-state index contributed by atoms with van der Waals surface area (Å²) in [7, 11) is 0. The van der Waals surface area contributed by atoms with Crippen LogP contribution in [-0.2, 0) is 4.79 Å². The highest BCUT2D eigenvalue weighted by Crippen LogP contribution is 2.49. The second kappa shape index (κ2) is 6.94. The van der Waals surface area contributed by atoms with Gasteiger partial charge in [0, 0.05) is 10.7 Å². The maximum absolute atomic E-state index is 13.0. The molecule has 1 fully saturated rings. The van der Waals surface area contributed by atoms with Crippen LogP contribution in [-0.4, -0.2) is 11.0 Å². The lowest BCUT2D eigenvalue weighted by Crippen LogP contribution is -2.57. The van der Waals surface area contributed by atoms with Crippen molar-refractivity contribution in [1.29, 1.82) is 0 Å². The Labute approximate surface area is 157 Å². The predicted molar refractivity (Wildman–Crippen MR) is 103 cm³/mol. The second-order valence-electron chi connectivity index (χ2n) is 6.39. The molecule has 4 heteroatoms. The lowest BCUT2D eigenvalue weighted by Gasteiger charge is -2.49. The van der Waals surface area contributed by atoms with Crippen molar-refractivity contribution in [1.82, 2.24) is 0 Å². The summed E-state index contributed by atoms with van der Waals surface area (Å²) in [4.78, 5) is 14.7. The van der Waals surface area contributed by atoms with Crippen molar-refractivity contribution in [3.63, 3.8) is 0 Å². The quantitative estimate of drug-likeness (QED) is 0.678. The molecule has 1 saturated heterocycles. The number of aliphatic hydroxyl groups is 1. The van der Waals surface area contributed by atoms with Crippen LogP contribution in [0.5, 0.6) is 0 Å². The van der Waals surface area contributed by atoms with E-state index in [0.717, 1.165) is 11.3 Å². The fraction of sp³-hybridized carbons (Fsp3) is 0.136. The number of β-lactam (4-membered cyclic amide) rings is 1. The van der Waals surface area contributed by atoms with E-state index in [2.05, 4.69) is 0 Å². The minimum atomic E-state index is -0.957. The summed E-state index contributed by atoms with van der Waals surface area (Å²) in [5.74, 6) is -0.671. The number of halogens is 1. The molecule has 26 heavy (non-hydrogen) atoms. The smallest absolute Gasteiger partial charge is 0.236 e. The molecule has 0 spiro atoms. The van der Waals surface area contributed by atoms with E-state index in [1.807, 2.05) is 72.8 Å². The van der Waals surface area contributed by atoms with Gasteiger partial charge in [0.25, 0.3) is 0 Å². The van der Waals surface area contributed by atoms with Crippen LogP contribution in [0.3, 0.4) is 0 Å². The van der Waals surface area contributed by atoms with Gasteiger partial charge in [0.1, 0.15) is 0 Å². The highest BCUT2D eigenvalue weighted by molar-refractivity contribution is 6.31. The molecule has 0 bridgehead atoms. The van der Waals surface area contributed by atoms with E-state index in [-0.39, 0.29) is 11.9 Å². The van der Waals surface area contributed by atoms with Crippen LogP contribution < -0.4 is 4.90 Å². The Morgan fingerprint density at radius 2 is 1.42 bits per heavy atom. The number of amides is 1. The van der Waals surface area contributed by atoms with Crippen molar-refractivity contribution in [2.75, 3.05) is 4.90 Å². The fourth-order valence-corrected chi connectivity index (χ4v) is 3.86. The number of rotatable bonds is 4. The average molecular weight is 364 g/mol. The maximum atomic E-state index is 13.0. The van der Waals surface area contributed by atoms with Crippen LogP contribution in [0.4, 0.5) is 5.69 Å². The molecule has 4 rings (SSSR count). The first-order valence-electron chi connectivity index (χ1n) is 8.54. The molecule has 0 saturated carbocycles. The number of nitrogens with zero attached hydrogens (tertiary/aromatic N) is 1. The largest absolute Gasteiger partial charge is 0.387 e. The van der Waals surface area contributed by atoms with Crippen molar-refractivity contribution >= 4 is 23.2 Å². The topological polar surface area (TPSA) is 40.5 Å². The van der Waals surface area contributed by atoms with Gasteiger partial charge in [0.2, 0.25) is 5.91 Å². The Bertz CT molecular complexity index is 914. The Kier molecular flexibility index (Phi) is 4.49. The highest BCUT2D eigenvalue weighted by atomic mass is 35.5. The lowest BCUT2D eigenvalue weighted by molar-refractivity contribution is -0.136. The second-order valence-corrected chi connectivity index (χ2v) is 6.80. The molecule has 3 unspecified atom stereocenters. The van der Waals surface area contributed by atoms with Gasteiger partial charge in [0.05, 0.1) is 18.1 Å². The van der Waals surface area contributed by atoms with Crippen LogP contribution in [0.2, 0.25) is 5.02 Å². The first-order valence-corrected chi connectivity index (χ1v) is 8.92. The molecule has 1 amide bonds. The minimum absolute atomic E-state index is 0.0996. The van der Waals surface area contributed by atoms with Gasteiger partial charge in [-0.1, -0.05) is 78.3 Å². The molecule has 0 aliphatic carbocycles. The summed E-state index contributed by atoms with van der Waals surface area (Å²) in [5.41, 5.74) is 2.40. The van der Waals surface area contributed by atoms with Gasteiger partial charge in [0.15, 0.2) is 0 Å². The summed E-state index contributed by atoms with van der Waals surface area (Å²) >= 11 is 6.25. The van der Waals surface area contributed by atoms with Gasteiger partial charge >= 0.3 is 0 Å². The van der Waals surface area contributed by atoms with E-state index in [4.69, 9.17) is 11.6 Å². The van der Waals surface area contributed by atoms with Crippen molar-refractivity contribution < 1.29 is 9.90 Å². The number of carbonyl (C=O) groups is 1. The van der Waals surface area contributed by atoms with E-state index in [1.54, 1.807) is 17.0 Å². The standard InChI is InChI=1S/C22H18ClNO2/c23-18-14-8-7-13-17(18)21(25)19-20(15-9-3-1-4-10-15)24(22(19)26)16-11-5-2-6-12-16/h1-14,19-21,25H. The molecule has 3 aromatic carbocycles. The summed E-state index contributed by atoms with van der Waals surface area (Å²) < 4.78 is 0. The van der Waals surface area contributed by atoms with Crippen LogP contribution >= 0.6 is 11.6 Å². The molecule has 1 aliphatic rings. The first kappa shape index (κ1) is 16.8. The number of hydrogen-bond acceptors (Lipinski definition) is 2. The van der Waals surface area contributed by atoms with Gasteiger partial charge in [-0.25, -0.2) is 0 Å². The zero-order valence-corrected chi connectivity index (χ0v) is 14.8. The molecular weight excluding hydrogens is 346 g/mol. The lowest BCUT2D eigenvalue weighted by atomic mass is 9.76. The average Bonchev–Trinajstić information content (AvgIpc) is 2.68. The molecule has 1 aliphatic heterocycles. The third kappa shape index (κ3) is 2.79. The third-order valence-electron chi connectivity index (χ3n) is 4.88. The van der Waals surface area contributed by atoms with E-state index in [9.17, 15) is 9.90 Å². The minimum Gasteiger partial charge on any atom is -0.387 e. The molecule has 1 N–H and O–H groups in total. The first-order chi connectivity index (χ1) is 12.7. The van der Waals surface area contributed by atoms with E-state index < -0.39 is 12.0 Å². The zero-order valence-electron chi connectivity index (χ0n) is 14.0. The monoisotopic (exact) mass is 363 g/mol. The summed E-state index contributed by atoms with van der Waals surface area (Å²) in [6.07, 6.45) is -0.957. The number of aliphatic hydroxyl groups excluding tert-OH is 1. The number of hydrogen-bond donors (Lipinski definition) is 1. The molecular formula is C22H18ClNO2. The Balaban J connectivity index is 1.75. The van der Waals surface area contributed by atoms with Crippen molar-refractivity contribution in [3.05, 3.63) is 101 Å². The molecule has 0 radical (unpaired) electrons. The Morgan fingerprint density at radius 3 is 2.08 bits per heavy atom. The number of anilines is 1. The Hall–Kier alpha value is -2.62. The van der Waals surface area contributed by atoms with Gasteiger partial charge in [-0.05, 0) is 29.3 Å². The van der Waals surface area contributed by atoms with Crippen LogP contribution in [0.25, 0.3) is 0 Å². The van der Waals surface area contributed by atoms with Crippen LogP contribution in [0.15, 0.2) is 84.9 Å². The summed E-state index contributed by atoms with van der Waals surface area (Å²) in [5, 5.41) is 11.4. The van der Waals surface area contributed by atoms with Crippen molar-refractivity contribution in [3.8, 4) is 0 Å². The number of benzene rings is 3. The summed E-state index contributed by atoms with van der Waals surface area (Å²) in [6.45, 7) is 0. The summed E-state index contributed by atoms with van der Waals surface area (Å²) in [6, 6.07) is 26.2. The number of carbonyl (C=O) groups excluding carboxylic acids is 1. The molecule has 3 atom stereocenters. The molecule has 3 nitrogen and oxygen atoms in total. The van der Waals surface area contributed by atoms with E-state index in [1.165, 1.54) is 0 Å². The normalized spacial score (nSPS) is 20.5. The van der Waals surface area contributed by atoms with E-state index >= 15 is 0 Å². The molecule has 3 aromatic rings. The molecule has 0 aromatic heterocycles. The molecule has 130 valence electrons. The van der Waals surface area contributed by atoms with Crippen molar-refractivity contribution in [2.45, 2.75) is 12.1 Å². The van der Waals surface area contributed by atoms with Gasteiger partial charge in [-0.3, -0.25) is 4.79 Å². The van der Waals surface area contributed by atoms with Gasteiger partial charge in [-0.15, -0.1) is 0 Å². The van der Waals surface area contributed by atoms with Crippen LogP contribution in [0, 0.1) is 5.92 Å². The van der Waals surface area contributed by atoms with Crippen molar-refractivity contribution in [2.24, 2.45) is 5.92 Å². The van der Waals surface area contributed by atoms with E-state index in [0.29, 0.717) is 10.6 Å². The third-order valence-corrected chi connectivity index (χ3v) is 5.22. The maximum Gasteiger partial charge on any atom is 0.236 e. The predicted octanol–water partition coefficient (Wildman–Crippen LogP) is 4.78. The molecule has 1 heterocycles. The fourth-order valence-electron chi connectivity index (χ4n) is 3.61. The SMILES string of the molecule is O=C1C(C(O)c2ccccc2Cl)C(c2ccccc2)N1c1ccccc1. The van der Waals surface area contributed by atoms with Gasteiger partial charge in [-0.2, -0.15) is 0 Å². The Morgan fingerprint density at radius 1 is 0.846 bits per heavy atom. The van der Waals surface area contributed by atoms with Crippen LogP contribution in [0.1, 0.15) is 23.3 Å². The highest BCUT2D eigenvalue weighted by Gasteiger charge is 2.52.